The fourth-order valence-corrected chi connectivity index (χ4v) is 4.11. The van der Waals surface area contributed by atoms with Crippen LogP contribution in [-0.4, -0.2) is 71.7 Å². The van der Waals surface area contributed by atoms with Crippen molar-refractivity contribution in [3.8, 4) is 11.5 Å². The first kappa shape index (κ1) is 20.1. The monoisotopic (exact) mass is 433 g/mol. The summed E-state index contributed by atoms with van der Waals surface area (Å²) in [6, 6.07) is 4.04. The van der Waals surface area contributed by atoms with Crippen LogP contribution in [0.4, 0.5) is 5.82 Å². The summed E-state index contributed by atoms with van der Waals surface area (Å²) in [4.78, 5) is 30.6. The van der Waals surface area contributed by atoms with Crippen LogP contribution < -0.4 is 5.73 Å². The van der Waals surface area contributed by atoms with E-state index in [4.69, 9.17) is 10.4 Å². The van der Waals surface area contributed by atoms with Crippen molar-refractivity contribution in [3.63, 3.8) is 0 Å². The Hall–Kier alpha value is -3.86. The number of nitrogen functional groups attached to an aromatic ring is 1. The van der Waals surface area contributed by atoms with Crippen LogP contribution in [0.5, 0.6) is 0 Å². The van der Waals surface area contributed by atoms with Crippen LogP contribution >= 0.6 is 0 Å². The zero-order chi connectivity index (χ0) is 22.1. The highest BCUT2D eigenvalue weighted by Gasteiger charge is 2.27. The number of imidazole rings is 1. The third-order valence-electron chi connectivity index (χ3n) is 5.74. The molecule has 164 valence electrons. The molecule has 1 saturated heterocycles. The van der Waals surface area contributed by atoms with Gasteiger partial charge in [0.05, 0.1) is 17.3 Å². The topological polar surface area (TPSA) is 132 Å². The number of pyridine rings is 2. The number of carbonyl (C=O) groups excluding carboxylic acids is 1. The minimum absolute atomic E-state index is 0.0564. The Morgan fingerprint density at radius 1 is 1.09 bits per heavy atom. The first-order chi connectivity index (χ1) is 15.7. The van der Waals surface area contributed by atoms with Crippen molar-refractivity contribution >= 4 is 22.8 Å². The van der Waals surface area contributed by atoms with E-state index >= 15 is 0 Å². The van der Waals surface area contributed by atoms with E-state index in [0.717, 1.165) is 19.6 Å². The molecule has 11 heteroatoms. The Kier molecular flexibility index (Phi) is 5.23. The van der Waals surface area contributed by atoms with Crippen LogP contribution in [-0.2, 0) is 13.1 Å². The van der Waals surface area contributed by atoms with Crippen LogP contribution in [0.3, 0.4) is 0 Å². The molecule has 2 N–H and O–H groups in total. The third-order valence-corrected chi connectivity index (χ3v) is 5.74. The minimum atomic E-state index is -0.0564. The Morgan fingerprint density at radius 2 is 1.88 bits per heavy atom. The molecule has 11 nitrogen and oxygen atoms in total. The van der Waals surface area contributed by atoms with Crippen molar-refractivity contribution in [1.82, 2.24) is 39.6 Å². The molecule has 0 atom stereocenters. The summed E-state index contributed by atoms with van der Waals surface area (Å²) in [5, 5.41) is 7.52. The van der Waals surface area contributed by atoms with Gasteiger partial charge in [-0.3, -0.25) is 19.7 Å². The van der Waals surface area contributed by atoms with E-state index < -0.39 is 0 Å². The van der Waals surface area contributed by atoms with Crippen LogP contribution in [0.1, 0.15) is 22.8 Å². The fraction of sp³-hybridized carbons (Fsp3) is 0.333. The van der Waals surface area contributed by atoms with Gasteiger partial charge in [0.25, 0.3) is 5.91 Å². The molecule has 0 unspecified atom stereocenters. The van der Waals surface area contributed by atoms with Gasteiger partial charge in [-0.25, -0.2) is 9.61 Å². The lowest BCUT2D eigenvalue weighted by molar-refractivity contribution is 0.0629. The number of rotatable bonds is 5. The lowest BCUT2D eigenvalue weighted by Crippen LogP contribution is -2.48. The molecule has 4 aromatic heterocycles. The molecule has 4 aromatic rings. The quantitative estimate of drug-likeness (QED) is 0.496. The van der Waals surface area contributed by atoms with Crippen LogP contribution in [0.2, 0.25) is 0 Å². The zero-order valence-corrected chi connectivity index (χ0v) is 17.7. The molecule has 1 fully saturated rings. The number of piperazine rings is 1. The second kappa shape index (κ2) is 8.35. The van der Waals surface area contributed by atoms with Crippen molar-refractivity contribution in [3.05, 3.63) is 48.0 Å². The first-order valence-electron chi connectivity index (χ1n) is 10.5. The van der Waals surface area contributed by atoms with Gasteiger partial charge in [0.2, 0.25) is 0 Å². The van der Waals surface area contributed by atoms with E-state index in [1.807, 2.05) is 28.5 Å². The van der Waals surface area contributed by atoms with E-state index in [1.54, 1.807) is 24.8 Å². The van der Waals surface area contributed by atoms with Gasteiger partial charge in [0, 0.05) is 57.9 Å². The van der Waals surface area contributed by atoms with Crippen LogP contribution in [0.15, 0.2) is 41.5 Å². The lowest BCUT2D eigenvalue weighted by Gasteiger charge is -2.34. The molecule has 0 saturated carbocycles. The number of anilines is 1. The fourth-order valence-electron chi connectivity index (χ4n) is 4.11. The van der Waals surface area contributed by atoms with Gasteiger partial charge in [-0.2, -0.15) is 0 Å². The highest BCUT2D eigenvalue weighted by molar-refractivity contribution is 6.05. The molecule has 32 heavy (non-hydrogen) atoms. The third kappa shape index (κ3) is 3.56. The summed E-state index contributed by atoms with van der Waals surface area (Å²) in [7, 11) is 0. The van der Waals surface area contributed by atoms with E-state index in [-0.39, 0.29) is 11.7 Å². The number of hydrogen-bond donors (Lipinski definition) is 1. The largest absolute Gasteiger partial charge is 0.379 e. The van der Waals surface area contributed by atoms with Gasteiger partial charge in [-0.15, -0.1) is 0 Å². The second-order valence-electron chi connectivity index (χ2n) is 7.66. The predicted octanol–water partition coefficient (Wildman–Crippen LogP) is 1.44. The molecule has 5 rings (SSSR count). The van der Waals surface area contributed by atoms with Crippen molar-refractivity contribution < 1.29 is 9.42 Å². The maximum absolute atomic E-state index is 13.5. The van der Waals surface area contributed by atoms with Crippen LogP contribution in [0.25, 0.3) is 22.6 Å². The summed E-state index contributed by atoms with van der Waals surface area (Å²) < 4.78 is 6.65. The molecule has 0 aromatic carbocycles. The molecule has 1 amide bonds. The van der Waals surface area contributed by atoms with Gasteiger partial charge in [0.15, 0.2) is 17.3 Å². The van der Waals surface area contributed by atoms with Gasteiger partial charge < -0.3 is 15.2 Å². The molecule has 1 aliphatic rings. The summed E-state index contributed by atoms with van der Waals surface area (Å²) in [6.07, 6.45) is 6.85. The summed E-state index contributed by atoms with van der Waals surface area (Å²) in [6.45, 7) is 6.29. The molecule has 0 aliphatic carbocycles. The molecular formula is C21H23N9O2. The molecule has 5 heterocycles. The first-order valence-corrected chi connectivity index (χ1v) is 10.5. The number of nitrogens with two attached hydrogens (primary N) is 1. The highest BCUT2D eigenvalue weighted by Crippen LogP contribution is 2.28. The number of nitrogens with zero attached hydrogens (tertiary/aromatic N) is 8. The SMILES string of the molecule is CCn1c(-c2nonc2N)nc2cncc(C(=O)N3CCN(Cc4ccncc4)CC3)c21. The normalized spacial score (nSPS) is 14.8. The van der Waals surface area contributed by atoms with Crippen molar-refractivity contribution in [2.75, 3.05) is 31.9 Å². The predicted molar refractivity (Wildman–Crippen MR) is 116 cm³/mol. The Labute approximate surface area is 183 Å². The number of aromatic nitrogens is 6. The molecule has 0 bridgehead atoms. The molecule has 1 aliphatic heterocycles. The molecule has 0 spiro atoms. The smallest absolute Gasteiger partial charge is 0.257 e. The summed E-state index contributed by atoms with van der Waals surface area (Å²) in [5.74, 6) is 0.602. The Morgan fingerprint density at radius 3 is 2.56 bits per heavy atom. The number of fused-ring (bicyclic) bond motifs is 1. The average Bonchev–Trinajstić information content (AvgIpc) is 3.42. The maximum atomic E-state index is 13.5. The molecule has 0 radical (unpaired) electrons. The van der Waals surface area contributed by atoms with Gasteiger partial charge in [-0.1, -0.05) is 0 Å². The number of aryl methyl sites for hydroxylation is 1. The summed E-state index contributed by atoms with van der Waals surface area (Å²) in [5.41, 5.74) is 9.28. The van der Waals surface area contributed by atoms with Crippen molar-refractivity contribution in [2.24, 2.45) is 0 Å². The highest BCUT2D eigenvalue weighted by atomic mass is 16.6. The number of hydrogen-bond acceptors (Lipinski definition) is 9. The average molecular weight is 433 g/mol. The summed E-state index contributed by atoms with van der Waals surface area (Å²) >= 11 is 0. The number of amides is 1. The van der Waals surface area contributed by atoms with Gasteiger partial charge in [-0.05, 0) is 34.9 Å². The van der Waals surface area contributed by atoms with Crippen molar-refractivity contribution in [1.29, 1.82) is 0 Å². The van der Waals surface area contributed by atoms with E-state index in [0.29, 0.717) is 47.7 Å². The standard InChI is InChI=1S/C21H23N9O2/c1-2-30-18-15(11-24-12-16(18)25-20(30)17-19(22)27-32-26-17)21(31)29-9-7-28(8-10-29)13-14-3-5-23-6-4-14/h3-6,11-12H,2,7-10,13H2,1H3,(H2,22,27). The lowest BCUT2D eigenvalue weighted by atomic mass is 10.1. The second-order valence-corrected chi connectivity index (χ2v) is 7.66. The Balaban J connectivity index is 1.40. The molecular weight excluding hydrogens is 410 g/mol. The van der Waals surface area contributed by atoms with E-state index in [1.165, 1.54) is 5.56 Å². The van der Waals surface area contributed by atoms with Crippen LogP contribution in [0, 0.1) is 0 Å². The van der Waals surface area contributed by atoms with E-state index in [9.17, 15) is 4.79 Å². The van der Waals surface area contributed by atoms with E-state index in [2.05, 4.69) is 30.2 Å². The number of carbonyl (C=O) groups is 1. The minimum Gasteiger partial charge on any atom is -0.379 e. The zero-order valence-electron chi connectivity index (χ0n) is 17.7. The van der Waals surface area contributed by atoms with Gasteiger partial charge >= 0.3 is 0 Å². The van der Waals surface area contributed by atoms with Crippen molar-refractivity contribution in [2.45, 2.75) is 20.0 Å². The Bertz CT molecular complexity index is 1240. The van der Waals surface area contributed by atoms with Gasteiger partial charge in [0.1, 0.15) is 5.52 Å². The maximum Gasteiger partial charge on any atom is 0.257 e.